The maximum atomic E-state index is 12.8. The molecule has 0 spiro atoms. The fraction of sp³-hybridized carbons (Fsp3) is 0.231. The lowest BCUT2D eigenvalue weighted by Crippen LogP contribution is -1.99. The minimum absolute atomic E-state index is 0.276. The van der Waals surface area contributed by atoms with Crippen molar-refractivity contribution in [2.24, 2.45) is 0 Å². The van der Waals surface area contributed by atoms with Crippen molar-refractivity contribution in [3.63, 3.8) is 0 Å². The Hall–Kier alpha value is -1.48. The van der Waals surface area contributed by atoms with E-state index in [2.05, 4.69) is 9.97 Å². The van der Waals surface area contributed by atoms with E-state index in [0.29, 0.717) is 11.0 Å². The van der Waals surface area contributed by atoms with Crippen LogP contribution >= 0.6 is 11.6 Å². The van der Waals surface area contributed by atoms with Crippen LogP contribution in [0.25, 0.3) is 11.4 Å². The molecule has 0 saturated carbocycles. The Labute approximate surface area is 104 Å². The summed E-state index contributed by atoms with van der Waals surface area (Å²) in [5.74, 6) is 0.256. The van der Waals surface area contributed by atoms with Crippen LogP contribution in [0.15, 0.2) is 24.3 Å². The number of benzene rings is 1. The summed E-state index contributed by atoms with van der Waals surface area (Å²) in [6.45, 7) is 3.91. The van der Waals surface area contributed by atoms with Crippen LogP contribution in [0.1, 0.15) is 18.2 Å². The molecule has 0 aliphatic heterocycles. The van der Waals surface area contributed by atoms with Crippen LogP contribution in [0.2, 0.25) is 5.15 Å². The van der Waals surface area contributed by atoms with Crippen molar-refractivity contribution < 1.29 is 4.39 Å². The summed E-state index contributed by atoms with van der Waals surface area (Å²) in [5, 5.41) is 0.472. The highest BCUT2D eigenvalue weighted by molar-refractivity contribution is 6.30. The molecule has 0 bridgehead atoms. The van der Waals surface area contributed by atoms with Gasteiger partial charge >= 0.3 is 0 Å². The van der Waals surface area contributed by atoms with Crippen LogP contribution in [0.3, 0.4) is 0 Å². The van der Waals surface area contributed by atoms with Gasteiger partial charge in [0.05, 0.1) is 0 Å². The van der Waals surface area contributed by atoms with Crippen molar-refractivity contribution in [1.29, 1.82) is 0 Å². The number of aryl methyl sites for hydroxylation is 1. The first-order valence-corrected chi connectivity index (χ1v) is 5.78. The van der Waals surface area contributed by atoms with Crippen LogP contribution in [0.5, 0.6) is 0 Å². The average molecular weight is 251 g/mol. The van der Waals surface area contributed by atoms with Crippen molar-refractivity contribution in [3.05, 3.63) is 46.5 Å². The summed E-state index contributed by atoms with van der Waals surface area (Å²) >= 11 is 6.09. The Kier molecular flexibility index (Phi) is 3.38. The van der Waals surface area contributed by atoms with Crippen molar-refractivity contribution >= 4 is 11.6 Å². The summed E-state index contributed by atoms with van der Waals surface area (Å²) in [7, 11) is 0. The van der Waals surface area contributed by atoms with Crippen LogP contribution in [-0.4, -0.2) is 9.97 Å². The second-order valence-corrected chi connectivity index (χ2v) is 4.12. The summed E-state index contributed by atoms with van der Waals surface area (Å²) in [6, 6.07) is 6.06. The number of aromatic nitrogens is 2. The molecule has 2 aromatic rings. The monoisotopic (exact) mass is 250 g/mol. The van der Waals surface area contributed by atoms with Gasteiger partial charge in [0.25, 0.3) is 0 Å². The van der Waals surface area contributed by atoms with E-state index in [4.69, 9.17) is 11.6 Å². The molecule has 0 aliphatic carbocycles. The molecule has 0 atom stereocenters. The van der Waals surface area contributed by atoms with Gasteiger partial charge in [-0.1, -0.05) is 18.5 Å². The predicted octanol–water partition coefficient (Wildman–Crippen LogP) is 3.81. The highest BCUT2D eigenvalue weighted by Crippen LogP contribution is 2.22. The van der Waals surface area contributed by atoms with Gasteiger partial charge in [0.15, 0.2) is 5.82 Å². The van der Waals surface area contributed by atoms with Gasteiger partial charge in [-0.3, -0.25) is 0 Å². The fourth-order valence-corrected chi connectivity index (χ4v) is 2.04. The smallest absolute Gasteiger partial charge is 0.161 e. The molecule has 2 rings (SSSR count). The largest absolute Gasteiger partial charge is 0.233 e. The lowest BCUT2D eigenvalue weighted by Gasteiger charge is -2.07. The zero-order valence-corrected chi connectivity index (χ0v) is 10.4. The Bertz CT molecular complexity index is 515. The molecule has 1 aromatic heterocycles. The molecular weight excluding hydrogens is 239 g/mol. The third-order valence-electron chi connectivity index (χ3n) is 2.62. The average Bonchev–Trinajstić information content (AvgIpc) is 2.29. The molecular formula is C13H12ClFN2. The first-order valence-electron chi connectivity index (χ1n) is 5.40. The maximum Gasteiger partial charge on any atom is 0.161 e. The van der Waals surface area contributed by atoms with E-state index in [1.165, 1.54) is 12.1 Å². The Morgan fingerprint density at radius 3 is 2.35 bits per heavy atom. The van der Waals surface area contributed by atoms with Gasteiger partial charge in [0.1, 0.15) is 11.0 Å². The summed E-state index contributed by atoms with van der Waals surface area (Å²) in [6.07, 6.45) is 0.800. The first-order chi connectivity index (χ1) is 8.11. The van der Waals surface area contributed by atoms with Crippen LogP contribution in [-0.2, 0) is 6.42 Å². The van der Waals surface area contributed by atoms with E-state index < -0.39 is 0 Å². The zero-order valence-electron chi connectivity index (χ0n) is 9.67. The van der Waals surface area contributed by atoms with Gasteiger partial charge in [-0.25, -0.2) is 14.4 Å². The molecule has 0 N–H and O–H groups in total. The van der Waals surface area contributed by atoms with Gasteiger partial charge in [0.2, 0.25) is 0 Å². The van der Waals surface area contributed by atoms with Crippen molar-refractivity contribution in [3.8, 4) is 11.4 Å². The molecule has 17 heavy (non-hydrogen) atoms. The fourth-order valence-electron chi connectivity index (χ4n) is 1.69. The van der Waals surface area contributed by atoms with Gasteiger partial charge in [-0.05, 0) is 37.6 Å². The Balaban J connectivity index is 2.50. The molecule has 0 aliphatic rings. The summed E-state index contributed by atoms with van der Waals surface area (Å²) in [5.41, 5.74) is 2.59. The molecule has 1 aromatic carbocycles. The third kappa shape index (κ3) is 2.44. The van der Waals surface area contributed by atoms with E-state index in [-0.39, 0.29) is 5.82 Å². The topological polar surface area (TPSA) is 25.8 Å². The second kappa shape index (κ2) is 4.80. The molecule has 88 valence electrons. The summed E-state index contributed by atoms with van der Waals surface area (Å²) in [4.78, 5) is 8.62. The van der Waals surface area contributed by atoms with E-state index in [0.717, 1.165) is 23.2 Å². The number of rotatable bonds is 2. The zero-order chi connectivity index (χ0) is 12.4. The molecule has 0 radical (unpaired) electrons. The Morgan fingerprint density at radius 2 is 1.82 bits per heavy atom. The van der Waals surface area contributed by atoms with Gasteiger partial charge in [0, 0.05) is 16.8 Å². The quantitative estimate of drug-likeness (QED) is 0.758. The second-order valence-electron chi connectivity index (χ2n) is 3.76. The third-order valence-corrected chi connectivity index (χ3v) is 2.93. The SMILES string of the molecule is CCc1c(C)nc(-c2ccc(F)cc2)nc1Cl. The number of hydrogen-bond acceptors (Lipinski definition) is 2. The van der Waals surface area contributed by atoms with E-state index in [1.807, 2.05) is 13.8 Å². The summed E-state index contributed by atoms with van der Waals surface area (Å²) < 4.78 is 12.8. The van der Waals surface area contributed by atoms with Crippen LogP contribution in [0, 0.1) is 12.7 Å². The van der Waals surface area contributed by atoms with Crippen LogP contribution < -0.4 is 0 Å². The highest BCUT2D eigenvalue weighted by Gasteiger charge is 2.09. The number of hydrogen-bond donors (Lipinski definition) is 0. The van der Waals surface area contributed by atoms with Gasteiger partial charge < -0.3 is 0 Å². The molecule has 1 heterocycles. The Morgan fingerprint density at radius 1 is 1.18 bits per heavy atom. The minimum Gasteiger partial charge on any atom is -0.233 e. The maximum absolute atomic E-state index is 12.8. The highest BCUT2D eigenvalue weighted by atomic mass is 35.5. The molecule has 0 fully saturated rings. The number of nitrogens with zero attached hydrogens (tertiary/aromatic N) is 2. The minimum atomic E-state index is -0.276. The normalized spacial score (nSPS) is 10.6. The van der Waals surface area contributed by atoms with Gasteiger partial charge in [-0.2, -0.15) is 0 Å². The van der Waals surface area contributed by atoms with E-state index >= 15 is 0 Å². The van der Waals surface area contributed by atoms with Crippen LogP contribution in [0.4, 0.5) is 4.39 Å². The molecule has 0 amide bonds. The lowest BCUT2D eigenvalue weighted by atomic mass is 10.1. The molecule has 0 unspecified atom stereocenters. The first kappa shape index (κ1) is 12.0. The lowest BCUT2D eigenvalue weighted by molar-refractivity contribution is 0.628. The van der Waals surface area contributed by atoms with Gasteiger partial charge in [-0.15, -0.1) is 0 Å². The standard InChI is InChI=1S/C13H12ClFN2/c1-3-11-8(2)16-13(17-12(11)14)9-4-6-10(15)7-5-9/h4-7H,3H2,1-2H3. The molecule has 0 saturated heterocycles. The van der Waals surface area contributed by atoms with Crippen molar-refractivity contribution in [1.82, 2.24) is 9.97 Å². The predicted molar refractivity (Wildman–Crippen MR) is 66.6 cm³/mol. The van der Waals surface area contributed by atoms with Crippen molar-refractivity contribution in [2.75, 3.05) is 0 Å². The molecule has 2 nitrogen and oxygen atoms in total. The van der Waals surface area contributed by atoms with Crippen molar-refractivity contribution in [2.45, 2.75) is 20.3 Å². The van der Waals surface area contributed by atoms with E-state index in [9.17, 15) is 4.39 Å². The number of halogens is 2. The molecule has 4 heteroatoms. The van der Waals surface area contributed by atoms with E-state index in [1.54, 1.807) is 12.1 Å².